The maximum absolute atomic E-state index is 12.3. The maximum atomic E-state index is 12.3. The molecule has 1 heterocycles. The molecule has 0 atom stereocenters. The molecule has 0 radical (unpaired) electrons. The number of fused-ring (bicyclic) bond motifs is 1. The first-order valence-corrected chi connectivity index (χ1v) is 8.04. The van der Waals surface area contributed by atoms with Crippen LogP contribution in [0.2, 0.25) is 0 Å². The van der Waals surface area contributed by atoms with Gasteiger partial charge in [0.15, 0.2) is 0 Å². The molecule has 2 N–H and O–H groups in total. The Hall–Kier alpha value is -1.86. The van der Waals surface area contributed by atoms with E-state index < -0.39 is 10.0 Å². The van der Waals surface area contributed by atoms with Gasteiger partial charge < -0.3 is 0 Å². The van der Waals surface area contributed by atoms with Crippen LogP contribution in [0.4, 0.5) is 5.69 Å². The molecule has 3 rings (SSSR count). The van der Waals surface area contributed by atoms with Crippen molar-refractivity contribution >= 4 is 42.5 Å². The lowest BCUT2D eigenvalue weighted by Gasteiger charge is -2.09. The highest BCUT2D eigenvalue weighted by molar-refractivity contribution is 9.10. The molecule has 102 valence electrons. The molecule has 0 aliphatic heterocycles. The zero-order valence-electron chi connectivity index (χ0n) is 10.2. The Kier molecular flexibility index (Phi) is 3.23. The molecule has 0 spiro atoms. The number of nitrogens with one attached hydrogen (secondary N) is 2. The number of benzene rings is 2. The molecule has 0 saturated carbocycles. The molecule has 7 heteroatoms. The van der Waals surface area contributed by atoms with E-state index in [0.29, 0.717) is 10.2 Å². The normalized spacial score (nSPS) is 11.7. The Morgan fingerprint density at radius 1 is 1.15 bits per heavy atom. The van der Waals surface area contributed by atoms with Gasteiger partial charge in [-0.05, 0) is 46.3 Å². The molecular weight excluding hydrogens is 342 g/mol. The number of hydrogen-bond donors (Lipinski definition) is 2. The van der Waals surface area contributed by atoms with Crippen LogP contribution in [-0.2, 0) is 10.0 Å². The number of sulfonamides is 1. The molecule has 0 amide bonds. The minimum absolute atomic E-state index is 0.199. The van der Waals surface area contributed by atoms with Gasteiger partial charge in [-0.3, -0.25) is 9.82 Å². The fourth-order valence-electron chi connectivity index (χ4n) is 1.87. The molecule has 0 aliphatic carbocycles. The van der Waals surface area contributed by atoms with Crippen LogP contribution >= 0.6 is 15.9 Å². The molecule has 1 aromatic heterocycles. The number of aromatic nitrogens is 2. The second-order valence-corrected chi connectivity index (χ2v) is 6.71. The van der Waals surface area contributed by atoms with Crippen molar-refractivity contribution in [1.82, 2.24) is 10.2 Å². The van der Waals surface area contributed by atoms with E-state index in [0.717, 1.165) is 10.9 Å². The number of rotatable bonds is 3. The molecule has 0 bridgehead atoms. The number of hydrogen-bond acceptors (Lipinski definition) is 3. The number of halogens is 1. The van der Waals surface area contributed by atoms with Crippen LogP contribution in [0.25, 0.3) is 10.9 Å². The van der Waals surface area contributed by atoms with E-state index in [1.54, 1.807) is 48.7 Å². The summed E-state index contributed by atoms with van der Waals surface area (Å²) < 4.78 is 27.7. The van der Waals surface area contributed by atoms with E-state index in [4.69, 9.17) is 0 Å². The third-order valence-electron chi connectivity index (χ3n) is 2.82. The Labute approximate surface area is 124 Å². The van der Waals surface area contributed by atoms with Crippen molar-refractivity contribution in [3.63, 3.8) is 0 Å². The SMILES string of the molecule is O=S(=O)(Nc1ccc2cn[nH]c2c1)c1ccccc1Br. The molecule has 0 fully saturated rings. The van der Waals surface area contributed by atoms with E-state index in [1.807, 2.05) is 0 Å². The van der Waals surface area contributed by atoms with Crippen LogP contribution in [0.3, 0.4) is 0 Å². The lowest BCUT2D eigenvalue weighted by Crippen LogP contribution is -2.13. The smallest absolute Gasteiger partial charge is 0.263 e. The summed E-state index contributed by atoms with van der Waals surface area (Å²) in [6.07, 6.45) is 1.68. The second-order valence-electron chi connectivity index (χ2n) is 4.21. The average molecular weight is 352 g/mol. The zero-order chi connectivity index (χ0) is 14.2. The molecule has 0 saturated heterocycles. The van der Waals surface area contributed by atoms with Crippen molar-refractivity contribution in [3.8, 4) is 0 Å². The van der Waals surface area contributed by atoms with Gasteiger partial charge in [0.2, 0.25) is 0 Å². The van der Waals surface area contributed by atoms with E-state index in [2.05, 4.69) is 30.8 Å². The van der Waals surface area contributed by atoms with Gasteiger partial charge in [0.05, 0.1) is 17.4 Å². The Morgan fingerprint density at radius 2 is 1.95 bits per heavy atom. The summed E-state index contributed by atoms with van der Waals surface area (Å²) in [6, 6.07) is 11.9. The first-order valence-electron chi connectivity index (χ1n) is 5.77. The second kappa shape index (κ2) is 4.92. The van der Waals surface area contributed by atoms with Crippen LogP contribution in [0.15, 0.2) is 58.0 Å². The van der Waals surface area contributed by atoms with E-state index in [-0.39, 0.29) is 4.90 Å². The largest absolute Gasteiger partial charge is 0.280 e. The summed E-state index contributed by atoms with van der Waals surface area (Å²) in [5, 5.41) is 7.63. The van der Waals surface area contributed by atoms with Crippen molar-refractivity contribution in [3.05, 3.63) is 53.1 Å². The van der Waals surface area contributed by atoms with Gasteiger partial charge in [0.25, 0.3) is 10.0 Å². The van der Waals surface area contributed by atoms with Gasteiger partial charge >= 0.3 is 0 Å². The molecule has 0 unspecified atom stereocenters. The quantitative estimate of drug-likeness (QED) is 0.761. The lowest BCUT2D eigenvalue weighted by atomic mass is 10.2. The minimum atomic E-state index is -3.63. The van der Waals surface area contributed by atoms with Crippen LogP contribution in [0.5, 0.6) is 0 Å². The standard InChI is InChI=1S/C13H10BrN3O2S/c14-11-3-1-2-4-13(11)20(18,19)17-10-6-5-9-8-15-16-12(9)7-10/h1-8,17H,(H,15,16). The maximum Gasteiger partial charge on any atom is 0.263 e. The van der Waals surface area contributed by atoms with E-state index in [9.17, 15) is 8.42 Å². The van der Waals surface area contributed by atoms with Crippen molar-refractivity contribution in [2.24, 2.45) is 0 Å². The summed E-state index contributed by atoms with van der Waals surface area (Å²) in [4.78, 5) is 0.199. The topological polar surface area (TPSA) is 74.8 Å². The Bertz CT molecular complexity index is 874. The minimum Gasteiger partial charge on any atom is -0.280 e. The summed E-state index contributed by atoms with van der Waals surface area (Å²) in [6.45, 7) is 0. The van der Waals surface area contributed by atoms with E-state index in [1.165, 1.54) is 0 Å². The van der Waals surface area contributed by atoms with Gasteiger partial charge in [-0.25, -0.2) is 8.42 Å². The Morgan fingerprint density at radius 3 is 2.75 bits per heavy atom. The summed E-state index contributed by atoms with van der Waals surface area (Å²) in [5.74, 6) is 0. The molecule has 5 nitrogen and oxygen atoms in total. The van der Waals surface area contributed by atoms with Crippen LogP contribution in [0.1, 0.15) is 0 Å². The third kappa shape index (κ3) is 2.41. The highest BCUT2D eigenvalue weighted by atomic mass is 79.9. The van der Waals surface area contributed by atoms with Gasteiger partial charge in [0, 0.05) is 9.86 Å². The van der Waals surface area contributed by atoms with Crippen LogP contribution < -0.4 is 4.72 Å². The molecular formula is C13H10BrN3O2S. The van der Waals surface area contributed by atoms with Crippen molar-refractivity contribution < 1.29 is 8.42 Å². The molecule has 2 aromatic carbocycles. The summed E-state index contributed by atoms with van der Waals surface area (Å²) >= 11 is 3.24. The van der Waals surface area contributed by atoms with E-state index >= 15 is 0 Å². The Balaban J connectivity index is 1.99. The highest BCUT2D eigenvalue weighted by Crippen LogP contribution is 2.25. The first kappa shape index (κ1) is 13.1. The average Bonchev–Trinajstić information content (AvgIpc) is 2.86. The predicted molar refractivity (Wildman–Crippen MR) is 81.0 cm³/mol. The fraction of sp³-hybridized carbons (Fsp3) is 0. The first-order chi connectivity index (χ1) is 9.56. The monoisotopic (exact) mass is 351 g/mol. The van der Waals surface area contributed by atoms with Crippen LogP contribution in [-0.4, -0.2) is 18.6 Å². The summed E-state index contributed by atoms with van der Waals surface area (Å²) in [5.41, 5.74) is 1.26. The number of anilines is 1. The van der Waals surface area contributed by atoms with Gasteiger partial charge in [-0.15, -0.1) is 0 Å². The zero-order valence-corrected chi connectivity index (χ0v) is 12.6. The number of H-pyrrole nitrogens is 1. The van der Waals surface area contributed by atoms with Crippen molar-refractivity contribution in [2.75, 3.05) is 4.72 Å². The number of nitrogens with zero attached hydrogens (tertiary/aromatic N) is 1. The number of aromatic amines is 1. The third-order valence-corrected chi connectivity index (χ3v) is 5.21. The van der Waals surface area contributed by atoms with Crippen LogP contribution in [0, 0.1) is 0 Å². The van der Waals surface area contributed by atoms with Gasteiger partial charge in [0.1, 0.15) is 4.90 Å². The predicted octanol–water partition coefficient (Wildman–Crippen LogP) is 3.13. The van der Waals surface area contributed by atoms with Crippen molar-refractivity contribution in [1.29, 1.82) is 0 Å². The summed E-state index contributed by atoms with van der Waals surface area (Å²) in [7, 11) is -3.63. The molecule has 20 heavy (non-hydrogen) atoms. The fourth-order valence-corrected chi connectivity index (χ4v) is 3.93. The molecule has 0 aliphatic rings. The van der Waals surface area contributed by atoms with Crippen molar-refractivity contribution in [2.45, 2.75) is 4.90 Å². The van der Waals surface area contributed by atoms with Gasteiger partial charge in [-0.2, -0.15) is 5.10 Å². The van der Waals surface area contributed by atoms with Gasteiger partial charge in [-0.1, -0.05) is 12.1 Å². The highest BCUT2D eigenvalue weighted by Gasteiger charge is 2.17. The lowest BCUT2D eigenvalue weighted by molar-refractivity contribution is 0.601. The molecule has 3 aromatic rings.